The minimum absolute atomic E-state index is 0.285. The number of hydrogen-bond acceptors (Lipinski definition) is 3. The molecular weight excluding hydrogens is 170 g/mol. The molecule has 0 fully saturated rings. The van der Waals surface area contributed by atoms with Crippen molar-refractivity contribution < 1.29 is 14.3 Å². The van der Waals surface area contributed by atoms with Crippen LogP contribution in [0.4, 0.5) is 0 Å². The van der Waals surface area contributed by atoms with Crippen molar-refractivity contribution in [2.75, 3.05) is 0 Å². The second kappa shape index (κ2) is 2.58. The van der Waals surface area contributed by atoms with Gasteiger partial charge >= 0.3 is 5.97 Å². The van der Waals surface area contributed by atoms with E-state index in [-0.39, 0.29) is 6.61 Å². The molecule has 0 unspecified atom stereocenters. The number of carbonyl (C=O) groups excluding carboxylic acids is 2. The van der Waals surface area contributed by atoms with Gasteiger partial charge in [-0.1, -0.05) is 6.07 Å². The van der Waals surface area contributed by atoms with Gasteiger partial charge in [0, 0.05) is 11.1 Å². The molecule has 2 N–H and O–H groups in total. The average Bonchev–Trinajstić information content (AvgIpc) is 2.47. The van der Waals surface area contributed by atoms with Gasteiger partial charge in [0.2, 0.25) is 5.91 Å². The molecule has 4 heteroatoms. The summed E-state index contributed by atoms with van der Waals surface area (Å²) in [4.78, 5) is 21.8. The maximum absolute atomic E-state index is 11.1. The zero-order valence-electron chi connectivity index (χ0n) is 6.74. The van der Waals surface area contributed by atoms with Crippen LogP contribution in [0.2, 0.25) is 0 Å². The Hall–Kier alpha value is -1.84. The number of nitrogens with two attached hydrogens (primary N) is 1. The highest BCUT2D eigenvalue weighted by Gasteiger charge is 2.21. The van der Waals surface area contributed by atoms with Crippen molar-refractivity contribution >= 4 is 11.9 Å². The summed E-state index contributed by atoms with van der Waals surface area (Å²) in [5.41, 5.74) is 6.64. The maximum atomic E-state index is 11.1. The fourth-order valence-electron chi connectivity index (χ4n) is 1.27. The molecule has 0 bridgehead atoms. The van der Waals surface area contributed by atoms with E-state index < -0.39 is 11.9 Å². The number of fused-ring (bicyclic) bond motifs is 1. The van der Waals surface area contributed by atoms with E-state index >= 15 is 0 Å². The largest absolute Gasteiger partial charge is 0.457 e. The van der Waals surface area contributed by atoms with Crippen LogP contribution in [0, 0.1) is 0 Å². The lowest BCUT2D eigenvalue weighted by molar-refractivity contribution is 0.0535. The number of carbonyl (C=O) groups is 2. The van der Waals surface area contributed by atoms with E-state index in [1.807, 2.05) is 0 Å². The molecule has 4 nitrogen and oxygen atoms in total. The quantitative estimate of drug-likeness (QED) is 0.633. The van der Waals surface area contributed by atoms with Gasteiger partial charge in [0.1, 0.15) is 6.61 Å². The summed E-state index contributed by atoms with van der Waals surface area (Å²) in [7, 11) is 0. The SMILES string of the molecule is NC(=O)c1ccc2c(c1)C(=O)OC2. The molecule has 2 rings (SSSR count). The zero-order chi connectivity index (χ0) is 9.42. The highest BCUT2D eigenvalue weighted by atomic mass is 16.5. The normalized spacial score (nSPS) is 13.7. The van der Waals surface area contributed by atoms with E-state index in [0.717, 1.165) is 5.56 Å². The first-order chi connectivity index (χ1) is 6.18. The number of amides is 1. The molecule has 13 heavy (non-hydrogen) atoms. The molecule has 1 heterocycles. The standard InChI is InChI=1S/C9H7NO3/c10-8(11)5-1-2-6-4-13-9(12)7(6)3-5/h1-3H,4H2,(H2,10,11). The van der Waals surface area contributed by atoms with Crippen LogP contribution in [0.15, 0.2) is 18.2 Å². The highest BCUT2D eigenvalue weighted by Crippen LogP contribution is 2.20. The molecule has 1 amide bonds. The number of benzene rings is 1. The van der Waals surface area contributed by atoms with E-state index in [0.29, 0.717) is 11.1 Å². The minimum atomic E-state index is -0.539. The number of primary amides is 1. The summed E-state index contributed by atoms with van der Waals surface area (Å²) in [6.07, 6.45) is 0. The van der Waals surface area contributed by atoms with E-state index in [9.17, 15) is 9.59 Å². The molecule has 0 aromatic heterocycles. The Kier molecular flexibility index (Phi) is 1.55. The van der Waals surface area contributed by atoms with Crippen LogP contribution in [0.1, 0.15) is 26.3 Å². The van der Waals surface area contributed by atoms with Crippen LogP contribution < -0.4 is 5.73 Å². The molecule has 0 saturated heterocycles. The van der Waals surface area contributed by atoms with Gasteiger partial charge in [-0.3, -0.25) is 4.79 Å². The van der Waals surface area contributed by atoms with Crippen molar-refractivity contribution in [2.45, 2.75) is 6.61 Å². The second-order valence-corrected chi connectivity index (χ2v) is 2.81. The first kappa shape index (κ1) is 7.79. The van der Waals surface area contributed by atoms with Gasteiger partial charge in [-0.25, -0.2) is 4.79 Å². The molecule has 1 aromatic carbocycles. The van der Waals surface area contributed by atoms with Crippen molar-refractivity contribution in [2.24, 2.45) is 5.73 Å². The number of ether oxygens (including phenoxy) is 1. The number of hydrogen-bond donors (Lipinski definition) is 1. The molecule has 0 spiro atoms. The van der Waals surface area contributed by atoms with Crippen LogP contribution in [0.5, 0.6) is 0 Å². The van der Waals surface area contributed by atoms with Gasteiger partial charge in [-0.15, -0.1) is 0 Å². The van der Waals surface area contributed by atoms with Gasteiger partial charge in [-0.05, 0) is 12.1 Å². The fourth-order valence-corrected chi connectivity index (χ4v) is 1.27. The number of rotatable bonds is 1. The van der Waals surface area contributed by atoms with Gasteiger partial charge in [-0.2, -0.15) is 0 Å². The van der Waals surface area contributed by atoms with Gasteiger partial charge in [0.05, 0.1) is 5.56 Å². The van der Waals surface area contributed by atoms with Gasteiger partial charge in [0.25, 0.3) is 0 Å². The Bertz CT molecular complexity index is 398. The number of esters is 1. The van der Waals surface area contributed by atoms with Crippen LogP contribution in [-0.4, -0.2) is 11.9 Å². The molecule has 66 valence electrons. The van der Waals surface area contributed by atoms with Gasteiger partial charge < -0.3 is 10.5 Å². The van der Waals surface area contributed by atoms with Crippen molar-refractivity contribution in [1.29, 1.82) is 0 Å². The summed E-state index contributed by atoms with van der Waals surface area (Å²) in [5.74, 6) is -0.930. The lowest BCUT2D eigenvalue weighted by Gasteiger charge is -1.96. The Morgan fingerprint density at radius 2 is 2.23 bits per heavy atom. The molecule has 0 atom stereocenters. The summed E-state index contributed by atoms with van der Waals surface area (Å²) in [5, 5.41) is 0. The zero-order valence-corrected chi connectivity index (χ0v) is 6.74. The molecule has 0 aliphatic carbocycles. The maximum Gasteiger partial charge on any atom is 0.338 e. The predicted molar refractivity (Wildman–Crippen MR) is 44.1 cm³/mol. The Balaban J connectivity index is 2.54. The first-order valence-corrected chi connectivity index (χ1v) is 3.78. The van der Waals surface area contributed by atoms with Crippen LogP contribution in [0.25, 0.3) is 0 Å². The third-order valence-corrected chi connectivity index (χ3v) is 1.97. The summed E-state index contributed by atoms with van der Waals surface area (Å²) >= 11 is 0. The Labute approximate surface area is 74.3 Å². The summed E-state index contributed by atoms with van der Waals surface area (Å²) in [6.45, 7) is 0.285. The third kappa shape index (κ3) is 1.16. The van der Waals surface area contributed by atoms with Gasteiger partial charge in [0.15, 0.2) is 0 Å². The molecule has 0 radical (unpaired) electrons. The Morgan fingerprint density at radius 3 is 2.92 bits per heavy atom. The molecule has 1 aromatic rings. The third-order valence-electron chi connectivity index (χ3n) is 1.97. The van der Waals surface area contributed by atoms with E-state index in [1.54, 1.807) is 12.1 Å². The van der Waals surface area contributed by atoms with Crippen molar-refractivity contribution in [3.63, 3.8) is 0 Å². The molecular formula is C9H7NO3. The average molecular weight is 177 g/mol. The second-order valence-electron chi connectivity index (χ2n) is 2.81. The highest BCUT2D eigenvalue weighted by molar-refractivity contribution is 5.99. The number of cyclic esters (lactones) is 1. The van der Waals surface area contributed by atoms with E-state index in [4.69, 9.17) is 10.5 Å². The smallest absolute Gasteiger partial charge is 0.338 e. The van der Waals surface area contributed by atoms with Crippen LogP contribution >= 0.6 is 0 Å². The fraction of sp³-hybridized carbons (Fsp3) is 0.111. The lowest BCUT2D eigenvalue weighted by atomic mass is 10.1. The predicted octanol–water partition coefficient (Wildman–Crippen LogP) is 0.456. The van der Waals surface area contributed by atoms with Crippen molar-refractivity contribution in [3.8, 4) is 0 Å². The topological polar surface area (TPSA) is 69.4 Å². The summed E-state index contributed by atoms with van der Waals surface area (Å²) in [6, 6.07) is 4.73. The molecule has 0 saturated carbocycles. The van der Waals surface area contributed by atoms with Crippen LogP contribution in [0.3, 0.4) is 0 Å². The monoisotopic (exact) mass is 177 g/mol. The van der Waals surface area contributed by atoms with Crippen molar-refractivity contribution in [3.05, 3.63) is 34.9 Å². The van der Waals surface area contributed by atoms with E-state index in [2.05, 4.69) is 0 Å². The first-order valence-electron chi connectivity index (χ1n) is 3.78. The molecule has 1 aliphatic heterocycles. The van der Waals surface area contributed by atoms with Crippen molar-refractivity contribution in [1.82, 2.24) is 0 Å². The Morgan fingerprint density at radius 1 is 1.46 bits per heavy atom. The van der Waals surface area contributed by atoms with Crippen LogP contribution in [-0.2, 0) is 11.3 Å². The summed E-state index contributed by atoms with van der Waals surface area (Å²) < 4.78 is 4.77. The minimum Gasteiger partial charge on any atom is -0.457 e. The molecule has 1 aliphatic rings. The van der Waals surface area contributed by atoms with E-state index in [1.165, 1.54) is 6.07 Å². The lowest BCUT2D eigenvalue weighted by Crippen LogP contribution is -2.11.